The first-order chi connectivity index (χ1) is 14.9. The van der Waals surface area contributed by atoms with Gasteiger partial charge in [-0.05, 0) is 36.4 Å². The summed E-state index contributed by atoms with van der Waals surface area (Å²) < 4.78 is 31.5. The number of methoxy groups -OCH3 is 2. The Labute approximate surface area is 187 Å². The fourth-order valence-electron chi connectivity index (χ4n) is 2.99. The van der Waals surface area contributed by atoms with Gasteiger partial charge in [-0.1, -0.05) is 34.1 Å². The molecule has 0 aliphatic heterocycles. The van der Waals surface area contributed by atoms with Crippen LogP contribution >= 0.6 is 15.9 Å². The molecule has 0 aliphatic carbocycles. The summed E-state index contributed by atoms with van der Waals surface area (Å²) in [6.07, 6.45) is 0. The molecular weight excluding hydrogens is 469 g/mol. The number of carboxylic acid groups (broad SMARTS) is 1. The SMILES string of the molecule is COc1ccc(C(=O)O)cc1NCc1c(Br)ccc(OC)c1OCc1ccccc1F. The van der Waals surface area contributed by atoms with Gasteiger partial charge in [-0.3, -0.25) is 0 Å². The molecule has 31 heavy (non-hydrogen) atoms. The van der Waals surface area contributed by atoms with E-state index in [0.29, 0.717) is 28.5 Å². The van der Waals surface area contributed by atoms with Crippen molar-refractivity contribution in [2.24, 2.45) is 0 Å². The van der Waals surface area contributed by atoms with Gasteiger partial charge in [-0.25, -0.2) is 9.18 Å². The second-order valence-electron chi connectivity index (χ2n) is 6.51. The number of hydrogen-bond acceptors (Lipinski definition) is 5. The number of anilines is 1. The molecule has 0 saturated carbocycles. The molecule has 2 N–H and O–H groups in total. The number of ether oxygens (including phenoxy) is 3. The number of carbonyl (C=O) groups is 1. The molecule has 3 rings (SSSR count). The van der Waals surface area contributed by atoms with Gasteiger partial charge in [-0.2, -0.15) is 0 Å². The van der Waals surface area contributed by atoms with Crippen molar-refractivity contribution in [1.82, 2.24) is 0 Å². The van der Waals surface area contributed by atoms with E-state index in [-0.39, 0.29) is 24.5 Å². The first-order valence-electron chi connectivity index (χ1n) is 9.31. The van der Waals surface area contributed by atoms with Crippen LogP contribution in [-0.2, 0) is 13.2 Å². The molecule has 0 aromatic heterocycles. The fraction of sp³-hybridized carbons (Fsp3) is 0.174. The lowest BCUT2D eigenvalue weighted by Gasteiger charge is -2.18. The lowest BCUT2D eigenvalue weighted by Crippen LogP contribution is -2.08. The first kappa shape index (κ1) is 22.4. The average molecular weight is 490 g/mol. The lowest BCUT2D eigenvalue weighted by molar-refractivity contribution is 0.0697. The van der Waals surface area contributed by atoms with Crippen molar-refractivity contribution in [3.63, 3.8) is 0 Å². The van der Waals surface area contributed by atoms with Crippen LogP contribution in [0.2, 0.25) is 0 Å². The van der Waals surface area contributed by atoms with Gasteiger partial charge < -0.3 is 24.6 Å². The topological polar surface area (TPSA) is 77.0 Å². The van der Waals surface area contributed by atoms with Crippen molar-refractivity contribution < 1.29 is 28.5 Å². The molecule has 0 bridgehead atoms. The second-order valence-corrected chi connectivity index (χ2v) is 7.37. The molecule has 0 unspecified atom stereocenters. The second kappa shape index (κ2) is 10.2. The molecule has 0 spiro atoms. The minimum atomic E-state index is -1.04. The van der Waals surface area contributed by atoms with Crippen LogP contribution in [0.15, 0.2) is 59.1 Å². The maximum absolute atomic E-state index is 14.0. The Balaban J connectivity index is 1.90. The van der Waals surface area contributed by atoms with Crippen LogP contribution in [-0.4, -0.2) is 25.3 Å². The molecule has 0 radical (unpaired) electrons. The Morgan fingerprint density at radius 3 is 2.45 bits per heavy atom. The summed E-state index contributed by atoms with van der Waals surface area (Å²) in [6.45, 7) is 0.286. The minimum Gasteiger partial charge on any atom is -0.495 e. The quantitative estimate of drug-likeness (QED) is 0.413. The number of benzene rings is 3. The summed E-state index contributed by atoms with van der Waals surface area (Å²) in [5.41, 5.74) is 1.78. The number of nitrogens with one attached hydrogen (secondary N) is 1. The Hall–Kier alpha value is -3.26. The van der Waals surface area contributed by atoms with Gasteiger partial charge in [0.2, 0.25) is 0 Å². The smallest absolute Gasteiger partial charge is 0.335 e. The summed E-state index contributed by atoms with van der Waals surface area (Å²) >= 11 is 3.52. The summed E-state index contributed by atoms with van der Waals surface area (Å²) in [5, 5.41) is 12.5. The minimum absolute atomic E-state index is 0.0182. The third-order valence-corrected chi connectivity index (χ3v) is 5.36. The summed E-state index contributed by atoms with van der Waals surface area (Å²) in [6, 6.07) is 14.5. The standard InChI is InChI=1S/C23H21BrFNO5/c1-29-20-9-7-14(23(27)28)11-19(20)26-12-16-17(24)8-10-21(30-2)22(16)31-13-15-5-3-4-6-18(15)25/h3-11,26H,12-13H2,1-2H3,(H,27,28). The normalized spacial score (nSPS) is 10.5. The fourth-order valence-corrected chi connectivity index (χ4v) is 3.45. The number of halogens is 2. The summed E-state index contributed by atoms with van der Waals surface area (Å²) in [4.78, 5) is 11.3. The van der Waals surface area contributed by atoms with E-state index in [9.17, 15) is 14.3 Å². The van der Waals surface area contributed by atoms with Crippen LogP contribution in [0.25, 0.3) is 0 Å². The van der Waals surface area contributed by atoms with Gasteiger partial charge in [0, 0.05) is 22.1 Å². The zero-order valence-electron chi connectivity index (χ0n) is 16.9. The molecule has 8 heteroatoms. The van der Waals surface area contributed by atoms with Gasteiger partial charge in [-0.15, -0.1) is 0 Å². The maximum Gasteiger partial charge on any atom is 0.335 e. The average Bonchev–Trinajstić information content (AvgIpc) is 2.77. The van der Waals surface area contributed by atoms with Crippen molar-refractivity contribution in [1.29, 1.82) is 0 Å². The molecule has 3 aromatic carbocycles. The Morgan fingerprint density at radius 2 is 1.77 bits per heavy atom. The van der Waals surface area contributed by atoms with Crippen LogP contribution in [0.3, 0.4) is 0 Å². The van der Waals surface area contributed by atoms with E-state index in [1.807, 2.05) is 6.07 Å². The van der Waals surface area contributed by atoms with Gasteiger partial charge in [0.05, 0.1) is 25.5 Å². The van der Waals surface area contributed by atoms with Crippen LogP contribution in [0.5, 0.6) is 17.2 Å². The van der Waals surface area contributed by atoms with E-state index in [2.05, 4.69) is 21.2 Å². The third kappa shape index (κ3) is 5.27. The summed E-state index contributed by atoms with van der Waals surface area (Å²) in [7, 11) is 3.03. The largest absolute Gasteiger partial charge is 0.495 e. The van der Waals surface area contributed by atoms with Gasteiger partial charge in [0.25, 0.3) is 0 Å². The van der Waals surface area contributed by atoms with E-state index in [4.69, 9.17) is 14.2 Å². The Morgan fingerprint density at radius 1 is 1.06 bits per heavy atom. The highest BCUT2D eigenvalue weighted by molar-refractivity contribution is 9.10. The van der Waals surface area contributed by atoms with E-state index < -0.39 is 5.97 Å². The molecule has 0 amide bonds. The molecule has 3 aromatic rings. The van der Waals surface area contributed by atoms with E-state index in [1.165, 1.54) is 32.4 Å². The highest BCUT2D eigenvalue weighted by atomic mass is 79.9. The number of carboxylic acids is 1. The van der Waals surface area contributed by atoms with Crippen molar-refractivity contribution in [3.8, 4) is 17.2 Å². The Bertz CT molecular complexity index is 1090. The lowest BCUT2D eigenvalue weighted by atomic mass is 10.1. The maximum atomic E-state index is 14.0. The molecule has 0 heterocycles. The number of aromatic carboxylic acids is 1. The molecule has 6 nitrogen and oxygen atoms in total. The van der Waals surface area contributed by atoms with E-state index in [0.717, 1.165) is 10.0 Å². The zero-order valence-corrected chi connectivity index (χ0v) is 18.5. The number of rotatable bonds is 9. The van der Waals surface area contributed by atoms with Gasteiger partial charge in [0.1, 0.15) is 18.2 Å². The van der Waals surface area contributed by atoms with Crippen molar-refractivity contribution in [3.05, 3.63) is 81.6 Å². The molecule has 0 atom stereocenters. The zero-order chi connectivity index (χ0) is 22.4. The van der Waals surface area contributed by atoms with Gasteiger partial charge in [0.15, 0.2) is 11.5 Å². The molecule has 162 valence electrons. The predicted octanol–water partition coefficient (Wildman–Crippen LogP) is 5.49. The first-order valence-corrected chi connectivity index (χ1v) is 10.1. The van der Waals surface area contributed by atoms with Crippen molar-refractivity contribution >= 4 is 27.6 Å². The van der Waals surface area contributed by atoms with Crippen LogP contribution in [0.1, 0.15) is 21.5 Å². The molecular formula is C23H21BrFNO5. The monoisotopic (exact) mass is 489 g/mol. The highest BCUT2D eigenvalue weighted by Gasteiger charge is 2.17. The predicted molar refractivity (Wildman–Crippen MR) is 119 cm³/mol. The van der Waals surface area contributed by atoms with Crippen LogP contribution in [0.4, 0.5) is 10.1 Å². The van der Waals surface area contributed by atoms with Crippen LogP contribution < -0.4 is 19.5 Å². The van der Waals surface area contributed by atoms with Crippen molar-refractivity contribution in [2.75, 3.05) is 19.5 Å². The summed E-state index contributed by atoms with van der Waals surface area (Å²) in [5.74, 6) is 0.0370. The number of hydrogen-bond donors (Lipinski definition) is 2. The Kier molecular flexibility index (Phi) is 7.36. The van der Waals surface area contributed by atoms with Crippen LogP contribution in [0, 0.1) is 5.82 Å². The molecule has 0 aliphatic rings. The van der Waals surface area contributed by atoms with E-state index >= 15 is 0 Å². The third-order valence-electron chi connectivity index (χ3n) is 4.62. The molecule has 0 fully saturated rings. The highest BCUT2D eigenvalue weighted by Crippen LogP contribution is 2.38. The van der Waals surface area contributed by atoms with Gasteiger partial charge >= 0.3 is 5.97 Å². The van der Waals surface area contributed by atoms with Crippen molar-refractivity contribution in [2.45, 2.75) is 13.2 Å². The van der Waals surface area contributed by atoms with E-state index in [1.54, 1.807) is 30.3 Å². The molecule has 0 saturated heterocycles.